The van der Waals surface area contributed by atoms with Crippen molar-refractivity contribution >= 4 is 28.1 Å². The molecule has 2 rings (SSSR count). The molecule has 21 heavy (non-hydrogen) atoms. The van der Waals surface area contributed by atoms with Crippen LogP contribution < -0.4 is 10.6 Å². The number of thiazole rings is 1. The van der Waals surface area contributed by atoms with E-state index in [2.05, 4.69) is 15.6 Å². The summed E-state index contributed by atoms with van der Waals surface area (Å²) in [4.78, 5) is 16.0. The molecule has 0 fully saturated rings. The van der Waals surface area contributed by atoms with Gasteiger partial charge in [0, 0.05) is 23.2 Å². The van der Waals surface area contributed by atoms with Crippen LogP contribution in [-0.4, -0.2) is 16.9 Å². The van der Waals surface area contributed by atoms with Crippen LogP contribution in [0.4, 0.5) is 19.6 Å². The Morgan fingerprint density at radius 1 is 1.38 bits per heavy atom. The predicted molar refractivity (Wildman–Crippen MR) is 79.0 cm³/mol. The summed E-state index contributed by atoms with van der Waals surface area (Å²) < 4.78 is 25.9. The highest BCUT2D eigenvalue weighted by molar-refractivity contribution is 7.14. The van der Waals surface area contributed by atoms with Crippen molar-refractivity contribution in [2.24, 2.45) is 0 Å². The number of benzene rings is 1. The molecule has 112 valence electrons. The minimum absolute atomic E-state index is 0.0711. The Bertz CT molecular complexity index is 645. The van der Waals surface area contributed by atoms with Crippen molar-refractivity contribution in [3.05, 3.63) is 40.9 Å². The molecule has 1 atom stereocenters. The number of carbonyl (C=O) groups excluding carboxylic acids is 1. The topological polar surface area (TPSA) is 54.0 Å². The normalized spacial score (nSPS) is 12.0. The first-order chi connectivity index (χ1) is 9.99. The van der Waals surface area contributed by atoms with Crippen molar-refractivity contribution in [3.8, 4) is 0 Å². The smallest absolute Gasteiger partial charge is 0.271 e. The van der Waals surface area contributed by atoms with Crippen LogP contribution >= 0.6 is 11.3 Å². The van der Waals surface area contributed by atoms with Crippen molar-refractivity contribution < 1.29 is 13.6 Å². The van der Waals surface area contributed by atoms with Gasteiger partial charge in [-0.15, -0.1) is 11.3 Å². The Hall–Kier alpha value is -2.02. The number of carbonyl (C=O) groups is 1. The molecule has 1 aromatic heterocycles. The second-order valence-electron chi connectivity index (χ2n) is 4.57. The Morgan fingerprint density at radius 2 is 2.14 bits per heavy atom. The quantitative estimate of drug-likeness (QED) is 0.885. The number of nitrogens with one attached hydrogen (secondary N) is 2. The van der Waals surface area contributed by atoms with E-state index in [-0.39, 0.29) is 11.9 Å². The zero-order valence-corrected chi connectivity index (χ0v) is 12.4. The van der Waals surface area contributed by atoms with Gasteiger partial charge in [-0.25, -0.2) is 13.8 Å². The van der Waals surface area contributed by atoms with Crippen LogP contribution in [0, 0.1) is 11.6 Å². The first-order valence-corrected chi connectivity index (χ1v) is 7.36. The third kappa shape index (κ3) is 3.98. The maximum absolute atomic E-state index is 13.1. The second-order valence-corrected chi connectivity index (χ2v) is 5.43. The number of anilines is 2. The summed E-state index contributed by atoms with van der Waals surface area (Å²) in [7, 11) is 0. The maximum atomic E-state index is 13.1. The van der Waals surface area contributed by atoms with Gasteiger partial charge in [0.05, 0.1) is 0 Å². The lowest BCUT2D eigenvalue weighted by Gasteiger charge is -2.09. The molecule has 0 radical (unpaired) electrons. The van der Waals surface area contributed by atoms with E-state index in [1.807, 2.05) is 13.8 Å². The molecule has 0 spiro atoms. The van der Waals surface area contributed by atoms with E-state index in [0.29, 0.717) is 16.5 Å². The molecule has 1 amide bonds. The summed E-state index contributed by atoms with van der Waals surface area (Å²) in [5, 5.41) is 7.69. The van der Waals surface area contributed by atoms with E-state index in [1.165, 1.54) is 17.4 Å². The lowest BCUT2D eigenvalue weighted by atomic mass is 10.2. The molecular formula is C14H15F2N3OS. The molecule has 2 N–H and O–H groups in total. The molecule has 4 nitrogen and oxygen atoms in total. The number of halogens is 2. The molecule has 1 aromatic carbocycles. The van der Waals surface area contributed by atoms with Crippen molar-refractivity contribution in [2.45, 2.75) is 26.3 Å². The summed E-state index contributed by atoms with van der Waals surface area (Å²) in [6.07, 6.45) is 0.829. The van der Waals surface area contributed by atoms with E-state index < -0.39 is 11.6 Å². The van der Waals surface area contributed by atoms with Gasteiger partial charge >= 0.3 is 0 Å². The van der Waals surface area contributed by atoms with Crippen LogP contribution in [0.1, 0.15) is 30.8 Å². The monoisotopic (exact) mass is 311 g/mol. The average molecular weight is 311 g/mol. The minimum atomic E-state index is -0.939. The van der Waals surface area contributed by atoms with Crippen molar-refractivity contribution in [1.82, 2.24) is 10.3 Å². The standard InChI is InChI=1S/C14H15F2N3OS/c1-3-8(2)17-13(20)12-7-21-14(19-12)18-9-4-5-10(15)11(16)6-9/h4-8H,3H2,1-2H3,(H,17,20)(H,18,19). The van der Waals surface area contributed by atoms with Gasteiger partial charge in [0.1, 0.15) is 5.69 Å². The third-order valence-electron chi connectivity index (χ3n) is 2.90. The molecule has 0 saturated heterocycles. The van der Waals surface area contributed by atoms with Crippen LogP contribution in [0.5, 0.6) is 0 Å². The van der Waals surface area contributed by atoms with Gasteiger partial charge in [-0.3, -0.25) is 4.79 Å². The van der Waals surface area contributed by atoms with Crippen LogP contribution in [0.15, 0.2) is 23.6 Å². The molecule has 0 aliphatic heterocycles. The number of nitrogens with zero attached hydrogens (tertiary/aromatic N) is 1. The fourth-order valence-electron chi connectivity index (χ4n) is 1.53. The minimum Gasteiger partial charge on any atom is -0.348 e. The van der Waals surface area contributed by atoms with E-state index in [0.717, 1.165) is 18.6 Å². The zero-order valence-electron chi connectivity index (χ0n) is 11.6. The lowest BCUT2D eigenvalue weighted by Crippen LogP contribution is -2.32. The summed E-state index contributed by atoms with van der Waals surface area (Å²) in [6, 6.07) is 3.54. The first kappa shape index (κ1) is 15.4. The molecule has 1 heterocycles. The molecule has 0 aliphatic carbocycles. The molecule has 0 bridgehead atoms. The highest BCUT2D eigenvalue weighted by atomic mass is 32.1. The molecular weight excluding hydrogens is 296 g/mol. The Balaban J connectivity index is 2.06. The van der Waals surface area contributed by atoms with Gasteiger partial charge in [0.15, 0.2) is 16.8 Å². The van der Waals surface area contributed by atoms with Gasteiger partial charge in [-0.1, -0.05) is 6.92 Å². The average Bonchev–Trinajstić information content (AvgIpc) is 2.91. The number of amides is 1. The summed E-state index contributed by atoms with van der Waals surface area (Å²) >= 11 is 1.22. The maximum Gasteiger partial charge on any atom is 0.271 e. The summed E-state index contributed by atoms with van der Waals surface area (Å²) in [6.45, 7) is 3.88. The lowest BCUT2D eigenvalue weighted by molar-refractivity contribution is 0.0935. The largest absolute Gasteiger partial charge is 0.348 e. The molecule has 0 saturated carbocycles. The summed E-state index contributed by atoms with van der Waals surface area (Å²) in [5.74, 6) is -2.10. The van der Waals surface area contributed by atoms with Crippen LogP contribution in [0.2, 0.25) is 0 Å². The van der Waals surface area contributed by atoms with Crippen molar-refractivity contribution in [2.75, 3.05) is 5.32 Å². The number of hydrogen-bond acceptors (Lipinski definition) is 4. The van der Waals surface area contributed by atoms with Crippen LogP contribution in [0.3, 0.4) is 0 Å². The highest BCUT2D eigenvalue weighted by Crippen LogP contribution is 2.22. The van der Waals surface area contributed by atoms with Crippen LogP contribution in [-0.2, 0) is 0 Å². The van der Waals surface area contributed by atoms with E-state index in [1.54, 1.807) is 5.38 Å². The van der Waals surface area contributed by atoms with Gasteiger partial charge in [-0.05, 0) is 25.5 Å². The van der Waals surface area contributed by atoms with E-state index >= 15 is 0 Å². The fraction of sp³-hybridized carbons (Fsp3) is 0.286. The van der Waals surface area contributed by atoms with Crippen LogP contribution in [0.25, 0.3) is 0 Å². The molecule has 2 aromatic rings. The fourth-order valence-corrected chi connectivity index (χ4v) is 2.24. The molecule has 7 heteroatoms. The van der Waals surface area contributed by atoms with Gasteiger partial charge in [0.2, 0.25) is 0 Å². The summed E-state index contributed by atoms with van der Waals surface area (Å²) in [5.41, 5.74) is 0.669. The molecule has 1 unspecified atom stereocenters. The molecule has 0 aliphatic rings. The van der Waals surface area contributed by atoms with E-state index in [9.17, 15) is 13.6 Å². The number of rotatable bonds is 5. The van der Waals surface area contributed by atoms with Gasteiger partial charge in [-0.2, -0.15) is 0 Å². The third-order valence-corrected chi connectivity index (χ3v) is 3.66. The first-order valence-electron chi connectivity index (χ1n) is 6.48. The number of hydrogen-bond donors (Lipinski definition) is 2. The zero-order chi connectivity index (χ0) is 15.4. The van der Waals surface area contributed by atoms with Crippen molar-refractivity contribution in [1.29, 1.82) is 0 Å². The highest BCUT2D eigenvalue weighted by Gasteiger charge is 2.13. The Kier molecular flexibility index (Phi) is 4.85. The second kappa shape index (κ2) is 6.62. The number of aromatic nitrogens is 1. The Morgan fingerprint density at radius 3 is 2.81 bits per heavy atom. The SMILES string of the molecule is CCC(C)NC(=O)c1csc(Nc2ccc(F)c(F)c2)n1. The van der Waals surface area contributed by atoms with Crippen molar-refractivity contribution in [3.63, 3.8) is 0 Å². The van der Waals surface area contributed by atoms with E-state index in [4.69, 9.17) is 0 Å². The van der Waals surface area contributed by atoms with Gasteiger partial charge < -0.3 is 10.6 Å². The Labute approximate surface area is 125 Å². The predicted octanol–water partition coefficient (Wildman–Crippen LogP) is 3.69. The van der Waals surface area contributed by atoms with Gasteiger partial charge in [0.25, 0.3) is 5.91 Å².